The molecule has 2 aromatic rings. The molecule has 2 aliphatic rings. The molecule has 7 nitrogen and oxygen atoms in total. The number of halogens is 1. The van der Waals surface area contributed by atoms with E-state index in [9.17, 15) is 4.79 Å². The van der Waals surface area contributed by atoms with Crippen LogP contribution in [0.5, 0.6) is 5.75 Å². The highest BCUT2D eigenvalue weighted by Crippen LogP contribution is 2.25. The summed E-state index contributed by atoms with van der Waals surface area (Å²) in [5.74, 6) is 2.34. The zero-order valence-corrected chi connectivity index (χ0v) is 21.3. The van der Waals surface area contributed by atoms with Crippen molar-refractivity contribution in [3.8, 4) is 5.75 Å². The van der Waals surface area contributed by atoms with E-state index in [1.165, 1.54) is 12.8 Å². The van der Waals surface area contributed by atoms with Crippen molar-refractivity contribution in [2.45, 2.75) is 52.0 Å². The van der Waals surface area contributed by atoms with Crippen molar-refractivity contribution in [1.29, 1.82) is 0 Å². The molecule has 0 spiro atoms. The standard InChI is InChI=1S/C21H26ClN3O2.C5H11NO/c1-15-10-19(11-16(2)20(15)14-26)27-9-3-4-17-5-7-25(8-6-17)21-23-12-18(22)13-24-21;1-6-5-2-3-7-4-5/h10-14,17H,3-9H2,1-2H3;5-6H,2-4H2,1H3. The molecular formula is C26H37ClN4O3. The van der Waals surface area contributed by atoms with Gasteiger partial charge in [0.15, 0.2) is 6.29 Å². The maximum Gasteiger partial charge on any atom is 0.225 e. The van der Waals surface area contributed by atoms with Crippen LogP contribution in [-0.4, -0.2) is 62.3 Å². The number of aryl methyl sites for hydroxylation is 2. The second-order valence-electron chi connectivity index (χ2n) is 9.06. The van der Waals surface area contributed by atoms with Crippen LogP contribution in [0.25, 0.3) is 0 Å². The van der Waals surface area contributed by atoms with Crippen molar-refractivity contribution in [2.75, 3.05) is 44.9 Å². The van der Waals surface area contributed by atoms with Crippen molar-refractivity contribution < 1.29 is 14.3 Å². The Morgan fingerprint density at radius 2 is 1.85 bits per heavy atom. The quantitative estimate of drug-likeness (QED) is 0.428. The lowest BCUT2D eigenvalue weighted by molar-refractivity contribution is 0.112. The van der Waals surface area contributed by atoms with Gasteiger partial charge in [0.2, 0.25) is 5.95 Å². The SMILES string of the molecule is CNC1CCOC1.Cc1cc(OCCCC2CCN(c3ncc(Cl)cn3)CC2)cc(C)c1C=O. The number of carbonyl (C=O) groups excluding carboxylic acids is 1. The van der Waals surface area contributed by atoms with Gasteiger partial charge in [-0.25, -0.2) is 9.97 Å². The van der Waals surface area contributed by atoms with Gasteiger partial charge in [-0.2, -0.15) is 0 Å². The van der Waals surface area contributed by atoms with Gasteiger partial charge in [0.25, 0.3) is 0 Å². The predicted molar refractivity (Wildman–Crippen MR) is 136 cm³/mol. The minimum absolute atomic E-state index is 0.569. The Labute approximate surface area is 208 Å². The van der Waals surface area contributed by atoms with E-state index in [2.05, 4.69) is 20.2 Å². The average molecular weight is 489 g/mol. The molecule has 34 heavy (non-hydrogen) atoms. The molecule has 2 aliphatic heterocycles. The number of hydrogen-bond acceptors (Lipinski definition) is 7. The summed E-state index contributed by atoms with van der Waals surface area (Å²) in [6.07, 6.45) is 9.90. The monoisotopic (exact) mass is 488 g/mol. The molecule has 0 saturated carbocycles. The number of aldehydes is 1. The number of nitrogens with zero attached hydrogens (tertiary/aromatic N) is 3. The van der Waals surface area contributed by atoms with Crippen molar-refractivity contribution in [1.82, 2.24) is 15.3 Å². The maximum atomic E-state index is 11.1. The van der Waals surface area contributed by atoms with Crippen LogP contribution in [0.4, 0.5) is 5.95 Å². The lowest BCUT2D eigenvalue weighted by Gasteiger charge is -2.32. The summed E-state index contributed by atoms with van der Waals surface area (Å²) in [6, 6.07) is 4.52. The number of carbonyl (C=O) groups is 1. The topological polar surface area (TPSA) is 76.6 Å². The smallest absolute Gasteiger partial charge is 0.225 e. The van der Waals surface area contributed by atoms with Gasteiger partial charge < -0.3 is 19.7 Å². The third-order valence-corrected chi connectivity index (χ3v) is 6.75. The van der Waals surface area contributed by atoms with E-state index in [1.807, 2.05) is 33.0 Å². The van der Waals surface area contributed by atoms with Gasteiger partial charge >= 0.3 is 0 Å². The third kappa shape index (κ3) is 7.93. The predicted octanol–water partition coefficient (Wildman–Crippen LogP) is 4.63. The van der Waals surface area contributed by atoms with E-state index in [1.54, 1.807) is 12.4 Å². The van der Waals surface area contributed by atoms with Crippen LogP contribution in [0.3, 0.4) is 0 Å². The minimum Gasteiger partial charge on any atom is -0.494 e. The summed E-state index contributed by atoms with van der Waals surface area (Å²) >= 11 is 5.85. The van der Waals surface area contributed by atoms with Crippen LogP contribution >= 0.6 is 11.6 Å². The second kappa shape index (κ2) is 13.6. The zero-order valence-electron chi connectivity index (χ0n) is 20.6. The van der Waals surface area contributed by atoms with Gasteiger partial charge in [0.1, 0.15) is 5.75 Å². The molecule has 0 radical (unpaired) electrons. The van der Waals surface area contributed by atoms with Gasteiger partial charge in [0.05, 0.1) is 30.6 Å². The molecule has 1 aromatic carbocycles. The zero-order chi connectivity index (χ0) is 24.3. The van der Waals surface area contributed by atoms with Crippen molar-refractivity contribution in [3.05, 3.63) is 46.2 Å². The lowest BCUT2D eigenvalue weighted by Crippen LogP contribution is -2.34. The molecule has 0 amide bonds. The Morgan fingerprint density at radius 1 is 1.18 bits per heavy atom. The Morgan fingerprint density at radius 3 is 2.38 bits per heavy atom. The fourth-order valence-corrected chi connectivity index (χ4v) is 4.52. The molecule has 4 rings (SSSR count). The fraction of sp³-hybridized carbons (Fsp3) is 0.577. The number of piperidine rings is 1. The molecule has 8 heteroatoms. The Hall–Kier alpha value is -2.22. The normalized spacial score (nSPS) is 18.4. The second-order valence-corrected chi connectivity index (χ2v) is 9.50. The first kappa shape index (κ1) is 26.4. The molecule has 186 valence electrons. The van der Waals surface area contributed by atoms with Crippen LogP contribution in [0.15, 0.2) is 24.5 Å². The van der Waals surface area contributed by atoms with E-state index in [0.29, 0.717) is 17.7 Å². The molecule has 1 atom stereocenters. The first-order chi connectivity index (χ1) is 16.5. The van der Waals surface area contributed by atoms with E-state index in [-0.39, 0.29) is 0 Å². The van der Waals surface area contributed by atoms with Crippen molar-refractivity contribution >= 4 is 23.8 Å². The van der Waals surface area contributed by atoms with Crippen molar-refractivity contribution in [2.24, 2.45) is 5.92 Å². The number of ether oxygens (including phenoxy) is 2. The van der Waals surface area contributed by atoms with Gasteiger partial charge in [-0.1, -0.05) is 11.6 Å². The fourth-order valence-electron chi connectivity index (χ4n) is 4.42. The van der Waals surface area contributed by atoms with Crippen molar-refractivity contribution in [3.63, 3.8) is 0 Å². The Bertz CT molecular complexity index is 872. The molecule has 2 saturated heterocycles. The number of anilines is 1. The molecule has 1 unspecified atom stereocenters. The number of likely N-dealkylation sites (N-methyl/N-ethyl adjacent to an activating group) is 1. The summed E-state index contributed by atoms with van der Waals surface area (Å²) in [7, 11) is 1.97. The van der Waals surface area contributed by atoms with Crippen LogP contribution in [-0.2, 0) is 4.74 Å². The molecular weight excluding hydrogens is 452 g/mol. The minimum atomic E-state index is 0.569. The van der Waals surface area contributed by atoms with Gasteiger partial charge in [-0.3, -0.25) is 4.79 Å². The number of aromatic nitrogens is 2. The third-order valence-electron chi connectivity index (χ3n) is 6.55. The van der Waals surface area contributed by atoms with Gasteiger partial charge in [-0.05, 0) is 82.2 Å². The maximum absolute atomic E-state index is 11.1. The number of rotatable bonds is 8. The molecule has 3 heterocycles. The summed E-state index contributed by atoms with van der Waals surface area (Å²) in [5.41, 5.74) is 2.70. The average Bonchev–Trinajstić information content (AvgIpc) is 3.37. The summed E-state index contributed by atoms with van der Waals surface area (Å²) < 4.78 is 11.0. The molecule has 0 bridgehead atoms. The lowest BCUT2D eigenvalue weighted by atomic mass is 9.92. The van der Waals surface area contributed by atoms with Crippen LogP contribution in [0.1, 0.15) is 53.6 Å². The highest BCUT2D eigenvalue weighted by atomic mass is 35.5. The van der Waals surface area contributed by atoms with Crippen LogP contribution in [0.2, 0.25) is 5.02 Å². The first-order valence-corrected chi connectivity index (χ1v) is 12.5. The molecule has 1 aromatic heterocycles. The Balaban J connectivity index is 0.000000396. The van der Waals surface area contributed by atoms with Gasteiger partial charge in [0, 0.05) is 31.3 Å². The summed E-state index contributed by atoms with van der Waals surface area (Å²) in [6.45, 7) is 8.41. The number of benzene rings is 1. The van der Waals surface area contributed by atoms with E-state index in [4.69, 9.17) is 21.1 Å². The summed E-state index contributed by atoms with van der Waals surface area (Å²) in [5, 5.41) is 3.71. The van der Waals surface area contributed by atoms with Crippen LogP contribution in [0, 0.1) is 19.8 Å². The highest BCUT2D eigenvalue weighted by molar-refractivity contribution is 6.30. The Kier molecular flexibility index (Phi) is 10.6. The largest absolute Gasteiger partial charge is 0.494 e. The number of nitrogens with one attached hydrogen (secondary N) is 1. The van der Waals surface area contributed by atoms with Gasteiger partial charge in [-0.15, -0.1) is 0 Å². The number of hydrogen-bond donors (Lipinski definition) is 1. The van der Waals surface area contributed by atoms with E-state index < -0.39 is 0 Å². The highest BCUT2D eigenvalue weighted by Gasteiger charge is 2.20. The molecule has 1 N–H and O–H groups in total. The molecule has 2 fully saturated rings. The molecule has 0 aliphatic carbocycles. The van der Waals surface area contributed by atoms with E-state index >= 15 is 0 Å². The van der Waals surface area contributed by atoms with Crippen LogP contribution < -0.4 is 15.0 Å². The van der Waals surface area contributed by atoms with E-state index in [0.717, 1.165) is 86.2 Å². The summed E-state index contributed by atoms with van der Waals surface area (Å²) in [4.78, 5) is 21.9. The first-order valence-electron chi connectivity index (χ1n) is 12.2.